The van der Waals surface area contributed by atoms with Crippen LogP contribution in [0.4, 0.5) is 8.78 Å². The average Bonchev–Trinajstić information content (AvgIpc) is 2.93. The normalized spacial score (nSPS) is 21.3. The van der Waals surface area contributed by atoms with Gasteiger partial charge in [-0.05, 0) is 128 Å². The highest BCUT2D eigenvalue weighted by Crippen LogP contribution is 2.44. The molecule has 1 atom stereocenters. The average molecular weight is 498 g/mol. The van der Waals surface area contributed by atoms with Crippen molar-refractivity contribution < 1.29 is 8.78 Å². The van der Waals surface area contributed by atoms with Crippen molar-refractivity contribution in [1.82, 2.24) is 0 Å². The Hall–Kier alpha value is -2.99. The van der Waals surface area contributed by atoms with Crippen LogP contribution in [0.5, 0.6) is 0 Å². The van der Waals surface area contributed by atoms with Crippen LogP contribution in [0.15, 0.2) is 54.6 Å². The van der Waals surface area contributed by atoms with Gasteiger partial charge in [0.05, 0.1) is 11.6 Å². The van der Waals surface area contributed by atoms with Gasteiger partial charge in [0, 0.05) is 5.56 Å². The van der Waals surface area contributed by atoms with Crippen molar-refractivity contribution in [3.8, 4) is 6.07 Å². The smallest absolute Gasteiger partial charge is 0.133 e. The fourth-order valence-electron chi connectivity index (χ4n) is 6.64. The first kappa shape index (κ1) is 25.7. The van der Waals surface area contributed by atoms with Crippen molar-refractivity contribution in [2.45, 2.75) is 89.4 Å². The third-order valence-corrected chi connectivity index (χ3v) is 8.81. The Balaban J connectivity index is 1.21. The van der Waals surface area contributed by atoms with E-state index in [1.54, 1.807) is 6.07 Å². The molecule has 0 aromatic heterocycles. The van der Waals surface area contributed by atoms with E-state index in [0.717, 1.165) is 81.8 Å². The molecule has 3 aromatic carbocycles. The maximum atomic E-state index is 15.7. The standard InChI is InChI=1S/C34H37F2N/c1-2-3-23-4-6-24(7-5-23)8-9-25-12-19-31-30(20-25)21-32(35)33(34(31)36)29-17-15-28(16-18-29)27-13-10-26(22-37)11-14-27/h4-7,10-11,13-14,21,25,28-29H,2-3,8-9,12,15-20H2,1H3. The molecule has 1 saturated carbocycles. The number of benzene rings is 3. The molecule has 0 bridgehead atoms. The molecule has 3 aromatic rings. The quantitative estimate of drug-likeness (QED) is 0.319. The van der Waals surface area contributed by atoms with Gasteiger partial charge < -0.3 is 0 Å². The van der Waals surface area contributed by atoms with E-state index in [-0.39, 0.29) is 17.6 Å². The SMILES string of the molecule is CCCc1ccc(CCC2CCc3c(cc(F)c(C4CCC(c5ccc(C#N)cc5)CC4)c3F)C2)cc1. The topological polar surface area (TPSA) is 23.8 Å². The van der Waals surface area contributed by atoms with E-state index >= 15 is 8.78 Å². The van der Waals surface area contributed by atoms with Crippen LogP contribution in [0, 0.1) is 28.9 Å². The molecule has 0 heterocycles. The van der Waals surface area contributed by atoms with Crippen molar-refractivity contribution in [3.63, 3.8) is 0 Å². The molecule has 1 unspecified atom stereocenters. The summed E-state index contributed by atoms with van der Waals surface area (Å²) in [6.45, 7) is 2.20. The van der Waals surface area contributed by atoms with Crippen LogP contribution >= 0.6 is 0 Å². The van der Waals surface area contributed by atoms with E-state index in [4.69, 9.17) is 5.26 Å². The zero-order chi connectivity index (χ0) is 25.8. The van der Waals surface area contributed by atoms with Crippen molar-refractivity contribution in [2.24, 2.45) is 5.92 Å². The second kappa shape index (κ2) is 11.6. The molecular weight excluding hydrogens is 460 g/mol. The Bertz CT molecular complexity index is 1240. The van der Waals surface area contributed by atoms with E-state index in [1.165, 1.54) is 16.7 Å². The van der Waals surface area contributed by atoms with Crippen LogP contribution in [-0.4, -0.2) is 0 Å². The number of fused-ring (bicyclic) bond motifs is 1. The Morgan fingerprint density at radius 3 is 2.14 bits per heavy atom. The van der Waals surface area contributed by atoms with Gasteiger partial charge in [0.1, 0.15) is 11.6 Å². The summed E-state index contributed by atoms with van der Waals surface area (Å²) in [6, 6.07) is 20.6. The van der Waals surface area contributed by atoms with Crippen molar-refractivity contribution in [1.29, 1.82) is 5.26 Å². The van der Waals surface area contributed by atoms with E-state index in [1.807, 2.05) is 24.3 Å². The first-order valence-electron chi connectivity index (χ1n) is 14.1. The van der Waals surface area contributed by atoms with E-state index in [2.05, 4.69) is 37.3 Å². The molecule has 2 aliphatic carbocycles. The van der Waals surface area contributed by atoms with Crippen LogP contribution in [0.1, 0.15) is 103 Å². The predicted octanol–water partition coefficient (Wildman–Crippen LogP) is 8.97. The lowest BCUT2D eigenvalue weighted by atomic mass is 9.74. The summed E-state index contributed by atoms with van der Waals surface area (Å²) < 4.78 is 31.0. The number of nitrogens with zero attached hydrogens (tertiary/aromatic N) is 1. The monoisotopic (exact) mass is 497 g/mol. The molecule has 1 fully saturated rings. The lowest BCUT2D eigenvalue weighted by Gasteiger charge is -2.31. The molecule has 1 nitrogen and oxygen atoms in total. The zero-order valence-corrected chi connectivity index (χ0v) is 21.9. The maximum absolute atomic E-state index is 15.7. The minimum atomic E-state index is -0.342. The number of nitriles is 1. The number of hydrogen-bond acceptors (Lipinski definition) is 1. The third-order valence-electron chi connectivity index (χ3n) is 8.81. The lowest BCUT2D eigenvalue weighted by molar-refractivity contribution is 0.369. The largest absolute Gasteiger partial charge is 0.207 e. The lowest BCUT2D eigenvalue weighted by Crippen LogP contribution is -2.20. The summed E-state index contributed by atoms with van der Waals surface area (Å²) in [5.74, 6) is 0.229. The molecule has 0 spiro atoms. The molecule has 5 rings (SSSR count). The van der Waals surface area contributed by atoms with Gasteiger partial charge in [0.15, 0.2) is 0 Å². The maximum Gasteiger partial charge on any atom is 0.133 e. The van der Waals surface area contributed by atoms with Crippen LogP contribution < -0.4 is 0 Å². The number of hydrogen-bond donors (Lipinski definition) is 0. The van der Waals surface area contributed by atoms with Gasteiger partial charge in [-0.15, -0.1) is 0 Å². The van der Waals surface area contributed by atoms with Gasteiger partial charge in [0.2, 0.25) is 0 Å². The van der Waals surface area contributed by atoms with Gasteiger partial charge in [-0.25, -0.2) is 8.78 Å². The first-order valence-corrected chi connectivity index (χ1v) is 14.1. The van der Waals surface area contributed by atoms with Gasteiger partial charge in [-0.1, -0.05) is 49.7 Å². The minimum Gasteiger partial charge on any atom is -0.207 e. The fraction of sp³-hybridized carbons (Fsp3) is 0.441. The molecule has 3 heteroatoms. The predicted molar refractivity (Wildman–Crippen MR) is 146 cm³/mol. The van der Waals surface area contributed by atoms with Gasteiger partial charge in [-0.3, -0.25) is 0 Å². The van der Waals surface area contributed by atoms with Gasteiger partial charge in [0.25, 0.3) is 0 Å². The molecule has 0 aliphatic heterocycles. The molecule has 192 valence electrons. The third kappa shape index (κ3) is 5.80. The summed E-state index contributed by atoms with van der Waals surface area (Å²) in [5, 5.41) is 9.03. The van der Waals surface area contributed by atoms with Crippen molar-refractivity contribution >= 4 is 0 Å². The molecule has 0 radical (unpaired) electrons. The zero-order valence-electron chi connectivity index (χ0n) is 21.9. The summed E-state index contributed by atoms with van der Waals surface area (Å²) in [4.78, 5) is 0. The van der Waals surface area contributed by atoms with Crippen molar-refractivity contribution in [3.05, 3.63) is 105 Å². The summed E-state index contributed by atoms with van der Waals surface area (Å²) in [7, 11) is 0. The highest BCUT2D eigenvalue weighted by atomic mass is 19.1. The summed E-state index contributed by atoms with van der Waals surface area (Å²) in [5.41, 5.74) is 6.64. The van der Waals surface area contributed by atoms with E-state index in [9.17, 15) is 0 Å². The van der Waals surface area contributed by atoms with Crippen molar-refractivity contribution in [2.75, 3.05) is 0 Å². The molecule has 0 amide bonds. The molecular formula is C34H37F2N. The highest BCUT2D eigenvalue weighted by Gasteiger charge is 2.31. The Morgan fingerprint density at radius 1 is 0.838 bits per heavy atom. The number of rotatable bonds is 7. The van der Waals surface area contributed by atoms with Gasteiger partial charge >= 0.3 is 0 Å². The van der Waals surface area contributed by atoms with Crippen LogP contribution in [0.25, 0.3) is 0 Å². The highest BCUT2D eigenvalue weighted by molar-refractivity contribution is 5.40. The Morgan fingerprint density at radius 2 is 1.49 bits per heavy atom. The Labute approximate surface area is 220 Å². The van der Waals surface area contributed by atoms with E-state index < -0.39 is 0 Å². The second-order valence-corrected chi connectivity index (χ2v) is 11.2. The molecule has 0 N–H and O–H groups in total. The minimum absolute atomic E-state index is 0.0478. The second-order valence-electron chi connectivity index (χ2n) is 11.2. The first-order chi connectivity index (χ1) is 18.1. The molecule has 0 saturated heterocycles. The van der Waals surface area contributed by atoms with Crippen LogP contribution in [0.3, 0.4) is 0 Å². The summed E-state index contributed by atoms with van der Waals surface area (Å²) in [6.07, 6.45) is 10.3. The fourth-order valence-corrected chi connectivity index (χ4v) is 6.64. The van der Waals surface area contributed by atoms with E-state index in [0.29, 0.717) is 23.0 Å². The summed E-state index contributed by atoms with van der Waals surface area (Å²) >= 11 is 0. The number of halogens is 2. The molecule has 37 heavy (non-hydrogen) atoms. The van der Waals surface area contributed by atoms with Gasteiger partial charge in [-0.2, -0.15) is 5.26 Å². The molecule has 2 aliphatic rings. The van der Waals surface area contributed by atoms with Crippen LogP contribution in [0.2, 0.25) is 0 Å². The number of aryl methyl sites for hydroxylation is 2. The van der Waals surface area contributed by atoms with Crippen LogP contribution in [-0.2, 0) is 25.7 Å². The Kier molecular flexibility index (Phi) is 8.04.